The SMILES string of the molecule is CC(C)C(C)O.O=CCCl. The highest BCUT2D eigenvalue weighted by atomic mass is 35.5. The molecule has 1 N–H and O–H groups in total. The number of alkyl halides is 1. The zero-order valence-corrected chi connectivity index (χ0v) is 7.43. The van der Waals surface area contributed by atoms with Gasteiger partial charge in [-0.25, -0.2) is 0 Å². The molecule has 62 valence electrons. The Morgan fingerprint density at radius 3 is 1.70 bits per heavy atom. The molecule has 1 unspecified atom stereocenters. The molecule has 0 fully saturated rings. The van der Waals surface area contributed by atoms with E-state index in [9.17, 15) is 0 Å². The summed E-state index contributed by atoms with van der Waals surface area (Å²) in [6.07, 6.45) is 0.492. The Morgan fingerprint density at radius 1 is 1.50 bits per heavy atom. The van der Waals surface area contributed by atoms with Gasteiger partial charge in [0.1, 0.15) is 6.29 Å². The highest BCUT2D eigenvalue weighted by Gasteiger charge is 1.97. The van der Waals surface area contributed by atoms with Gasteiger partial charge in [0, 0.05) is 0 Å². The molecule has 10 heavy (non-hydrogen) atoms. The van der Waals surface area contributed by atoms with Gasteiger partial charge < -0.3 is 9.90 Å². The molecule has 1 atom stereocenters. The third-order valence-electron chi connectivity index (χ3n) is 1.03. The van der Waals surface area contributed by atoms with Crippen LogP contribution in [0.25, 0.3) is 0 Å². The van der Waals surface area contributed by atoms with E-state index < -0.39 is 0 Å². The van der Waals surface area contributed by atoms with E-state index in [2.05, 4.69) is 0 Å². The Bertz CT molecular complexity index is 66.0. The lowest BCUT2D eigenvalue weighted by Crippen LogP contribution is -2.07. The number of carbonyl (C=O) groups is 1. The fourth-order valence-electron chi connectivity index (χ4n) is 0. The first-order chi connectivity index (χ1) is 4.56. The van der Waals surface area contributed by atoms with Crippen LogP contribution in [0.3, 0.4) is 0 Å². The van der Waals surface area contributed by atoms with E-state index in [-0.39, 0.29) is 12.0 Å². The molecule has 0 aliphatic heterocycles. The summed E-state index contributed by atoms with van der Waals surface area (Å²) in [4.78, 5) is 9.04. The highest BCUT2D eigenvalue weighted by Crippen LogP contribution is 1.96. The van der Waals surface area contributed by atoms with Crippen LogP contribution in [-0.2, 0) is 4.79 Å². The molecule has 2 nitrogen and oxygen atoms in total. The van der Waals surface area contributed by atoms with Gasteiger partial charge in [0.05, 0.1) is 12.0 Å². The summed E-state index contributed by atoms with van der Waals surface area (Å²) in [5.74, 6) is 0.519. The molecular weight excluding hydrogens is 152 g/mol. The first-order valence-corrected chi connectivity index (χ1v) is 3.77. The second kappa shape index (κ2) is 8.92. The van der Waals surface area contributed by atoms with E-state index in [0.29, 0.717) is 12.2 Å². The van der Waals surface area contributed by atoms with Crippen molar-refractivity contribution in [1.29, 1.82) is 0 Å². The molecule has 0 aromatic rings. The second-order valence-electron chi connectivity index (χ2n) is 2.31. The van der Waals surface area contributed by atoms with Crippen LogP contribution >= 0.6 is 11.6 Å². The van der Waals surface area contributed by atoms with Gasteiger partial charge in [0.25, 0.3) is 0 Å². The summed E-state index contributed by atoms with van der Waals surface area (Å²) in [6.45, 7) is 5.78. The van der Waals surface area contributed by atoms with Gasteiger partial charge in [-0.15, -0.1) is 11.6 Å². The number of hydrogen-bond acceptors (Lipinski definition) is 2. The fraction of sp³-hybridized carbons (Fsp3) is 0.857. The fourth-order valence-corrected chi connectivity index (χ4v) is 0. The van der Waals surface area contributed by atoms with Gasteiger partial charge >= 0.3 is 0 Å². The smallest absolute Gasteiger partial charge is 0.134 e. The normalized spacial score (nSPS) is 11.8. The van der Waals surface area contributed by atoms with Crippen molar-refractivity contribution in [2.75, 3.05) is 5.88 Å². The number of aliphatic hydroxyl groups excluding tert-OH is 1. The van der Waals surface area contributed by atoms with Crippen LogP contribution in [0.2, 0.25) is 0 Å². The molecule has 0 heterocycles. The van der Waals surface area contributed by atoms with Crippen molar-refractivity contribution < 1.29 is 9.90 Å². The van der Waals surface area contributed by atoms with Crippen molar-refractivity contribution in [2.45, 2.75) is 26.9 Å². The summed E-state index contributed by atoms with van der Waals surface area (Å²) in [7, 11) is 0. The van der Waals surface area contributed by atoms with Crippen molar-refractivity contribution in [3.63, 3.8) is 0 Å². The number of rotatable bonds is 2. The lowest BCUT2D eigenvalue weighted by atomic mass is 10.1. The largest absolute Gasteiger partial charge is 0.393 e. The number of carbonyl (C=O) groups excluding carboxylic acids is 1. The van der Waals surface area contributed by atoms with E-state index in [0.717, 1.165) is 0 Å². The predicted molar refractivity (Wildman–Crippen MR) is 43.3 cm³/mol. The summed E-state index contributed by atoms with van der Waals surface area (Å²) >= 11 is 4.82. The second-order valence-corrected chi connectivity index (χ2v) is 2.61. The van der Waals surface area contributed by atoms with Crippen molar-refractivity contribution in [2.24, 2.45) is 5.92 Å². The zero-order chi connectivity index (χ0) is 8.57. The molecule has 0 radical (unpaired) electrons. The standard InChI is InChI=1S/C5H12O.C2H3ClO/c1-4(2)5(3)6;3-1-2-4/h4-6H,1-3H3;2H,1H2. The van der Waals surface area contributed by atoms with Gasteiger partial charge in [-0.1, -0.05) is 13.8 Å². The molecule has 0 aromatic carbocycles. The van der Waals surface area contributed by atoms with Gasteiger partial charge in [0.2, 0.25) is 0 Å². The molecule has 0 rings (SSSR count). The Kier molecular flexibility index (Phi) is 11.2. The van der Waals surface area contributed by atoms with Gasteiger partial charge in [-0.05, 0) is 12.8 Å². The average Bonchev–Trinajstić information content (AvgIpc) is 1.89. The van der Waals surface area contributed by atoms with Crippen molar-refractivity contribution >= 4 is 17.9 Å². The van der Waals surface area contributed by atoms with Gasteiger partial charge in [0.15, 0.2) is 0 Å². The molecule has 0 bridgehead atoms. The van der Waals surface area contributed by atoms with Crippen molar-refractivity contribution in [3.05, 3.63) is 0 Å². The molecule has 3 heteroatoms. The van der Waals surface area contributed by atoms with E-state index in [4.69, 9.17) is 21.5 Å². The lowest BCUT2D eigenvalue weighted by molar-refractivity contribution is -0.105. The van der Waals surface area contributed by atoms with Crippen LogP contribution in [0.1, 0.15) is 20.8 Å². The van der Waals surface area contributed by atoms with Crippen LogP contribution in [0.4, 0.5) is 0 Å². The molecular formula is C7H15ClO2. The molecule has 0 saturated heterocycles. The maximum absolute atomic E-state index is 9.04. The van der Waals surface area contributed by atoms with Crippen LogP contribution in [-0.4, -0.2) is 23.4 Å². The first kappa shape index (κ1) is 12.6. The van der Waals surface area contributed by atoms with Gasteiger partial charge in [-0.3, -0.25) is 0 Å². The number of hydrogen-bond donors (Lipinski definition) is 1. The Hall–Kier alpha value is -0.0800. The van der Waals surface area contributed by atoms with Crippen molar-refractivity contribution in [3.8, 4) is 0 Å². The molecule has 0 aliphatic rings. The van der Waals surface area contributed by atoms with Crippen LogP contribution in [0, 0.1) is 5.92 Å². The molecule has 0 saturated carbocycles. The quantitative estimate of drug-likeness (QED) is 0.498. The Balaban J connectivity index is 0. The summed E-state index contributed by atoms with van der Waals surface area (Å²) in [6, 6.07) is 0. The number of aliphatic hydroxyl groups is 1. The Labute approximate surface area is 67.2 Å². The summed E-state index contributed by atoms with van der Waals surface area (Å²) in [5.41, 5.74) is 0. The monoisotopic (exact) mass is 166 g/mol. The maximum Gasteiger partial charge on any atom is 0.134 e. The minimum atomic E-state index is -0.148. The van der Waals surface area contributed by atoms with Gasteiger partial charge in [-0.2, -0.15) is 0 Å². The zero-order valence-electron chi connectivity index (χ0n) is 6.67. The third-order valence-corrected chi connectivity index (χ3v) is 1.15. The van der Waals surface area contributed by atoms with E-state index in [1.165, 1.54) is 0 Å². The number of aldehydes is 1. The number of halogens is 1. The molecule has 0 aromatic heterocycles. The minimum Gasteiger partial charge on any atom is -0.393 e. The minimum absolute atomic E-state index is 0.111. The topological polar surface area (TPSA) is 37.3 Å². The highest BCUT2D eigenvalue weighted by molar-refractivity contribution is 6.24. The van der Waals surface area contributed by atoms with Crippen LogP contribution < -0.4 is 0 Å². The van der Waals surface area contributed by atoms with Crippen molar-refractivity contribution in [1.82, 2.24) is 0 Å². The lowest BCUT2D eigenvalue weighted by Gasteiger charge is -2.04. The first-order valence-electron chi connectivity index (χ1n) is 3.23. The van der Waals surface area contributed by atoms with Crippen LogP contribution in [0.15, 0.2) is 0 Å². The summed E-state index contributed by atoms with van der Waals surface area (Å²) in [5, 5.41) is 8.63. The Morgan fingerprint density at radius 2 is 1.70 bits per heavy atom. The van der Waals surface area contributed by atoms with E-state index >= 15 is 0 Å². The maximum atomic E-state index is 9.04. The van der Waals surface area contributed by atoms with Crippen LogP contribution in [0.5, 0.6) is 0 Å². The average molecular weight is 167 g/mol. The third kappa shape index (κ3) is 15.7. The van der Waals surface area contributed by atoms with E-state index in [1.807, 2.05) is 13.8 Å². The molecule has 0 amide bonds. The van der Waals surface area contributed by atoms with E-state index in [1.54, 1.807) is 6.92 Å². The molecule has 0 aliphatic carbocycles. The predicted octanol–water partition coefficient (Wildman–Crippen LogP) is 1.45. The summed E-state index contributed by atoms with van der Waals surface area (Å²) < 4.78 is 0. The molecule has 0 spiro atoms.